The number of amides is 3. The fourth-order valence-corrected chi connectivity index (χ4v) is 3.37. The van der Waals surface area contributed by atoms with Gasteiger partial charge in [-0.25, -0.2) is 4.79 Å². The van der Waals surface area contributed by atoms with E-state index >= 15 is 0 Å². The van der Waals surface area contributed by atoms with Crippen molar-refractivity contribution in [3.05, 3.63) is 66.6 Å². The lowest BCUT2D eigenvalue weighted by Crippen LogP contribution is -2.40. The molecule has 0 aliphatic rings. The lowest BCUT2D eigenvalue weighted by atomic mass is 10.2. The van der Waals surface area contributed by atoms with Gasteiger partial charge in [-0.15, -0.1) is 16.8 Å². The Morgan fingerprint density at radius 2 is 2.03 bits per heavy atom. The van der Waals surface area contributed by atoms with E-state index in [4.69, 9.17) is 4.42 Å². The van der Waals surface area contributed by atoms with E-state index in [1.165, 1.54) is 11.8 Å². The number of hydrogen-bond acceptors (Lipinski definition) is 6. The molecule has 0 aliphatic carbocycles. The number of furan rings is 1. The van der Waals surface area contributed by atoms with Crippen molar-refractivity contribution in [2.45, 2.75) is 25.2 Å². The summed E-state index contributed by atoms with van der Waals surface area (Å²) >= 11 is 1.19. The summed E-state index contributed by atoms with van der Waals surface area (Å²) in [4.78, 5) is 24.0. The Labute approximate surface area is 172 Å². The van der Waals surface area contributed by atoms with E-state index in [0.717, 1.165) is 16.9 Å². The molecule has 0 spiro atoms. The molecule has 2 N–H and O–H groups in total. The Morgan fingerprint density at radius 3 is 2.72 bits per heavy atom. The first-order chi connectivity index (χ1) is 14.1. The maximum absolute atomic E-state index is 12.1. The molecule has 0 unspecified atom stereocenters. The molecule has 0 saturated carbocycles. The van der Waals surface area contributed by atoms with E-state index < -0.39 is 11.9 Å². The van der Waals surface area contributed by atoms with Crippen molar-refractivity contribution in [2.24, 2.45) is 0 Å². The van der Waals surface area contributed by atoms with Gasteiger partial charge >= 0.3 is 6.03 Å². The molecule has 0 atom stereocenters. The van der Waals surface area contributed by atoms with Crippen molar-refractivity contribution in [1.82, 2.24) is 25.4 Å². The molecule has 0 bridgehead atoms. The number of carbonyl (C=O) groups is 2. The minimum Gasteiger partial charge on any atom is -0.469 e. The van der Waals surface area contributed by atoms with E-state index in [9.17, 15) is 9.59 Å². The third-order valence-corrected chi connectivity index (χ3v) is 4.98. The number of benzene rings is 1. The number of aryl methyl sites for hydroxylation is 1. The molecule has 0 aliphatic heterocycles. The second-order valence-electron chi connectivity index (χ2n) is 6.10. The van der Waals surface area contributed by atoms with Crippen LogP contribution in [0.5, 0.6) is 0 Å². The molecule has 3 rings (SSSR count). The maximum atomic E-state index is 12.1. The monoisotopic (exact) mass is 411 g/mol. The molecule has 0 saturated heterocycles. The zero-order valence-electron chi connectivity index (χ0n) is 15.9. The fraction of sp³-hybridized carbons (Fsp3) is 0.200. The molecule has 8 nitrogen and oxygen atoms in total. The predicted octanol–water partition coefficient (Wildman–Crippen LogP) is 3.15. The number of aromatic nitrogens is 3. The highest BCUT2D eigenvalue weighted by molar-refractivity contribution is 7.99. The number of imide groups is 1. The summed E-state index contributed by atoms with van der Waals surface area (Å²) in [5.41, 5.74) is 1.78. The van der Waals surface area contributed by atoms with Crippen molar-refractivity contribution >= 4 is 23.7 Å². The third kappa shape index (κ3) is 5.35. The molecule has 9 heteroatoms. The van der Waals surface area contributed by atoms with Gasteiger partial charge in [0, 0.05) is 13.1 Å². The fourth-order valence-electron chi connectivity index (χ4n) is 2.62. The Bertz CT molecular complexity index is 997. The number of rotatable bonds is 8. The molecule has 0 radical (unpaired) electrons. The van der Waals surface area contributed by atoms with Gasteiger partial charge in [-0.05, 0) is 18.6 Å². The largest absolute Gasteiger partial charge is 0.469 e. The van der Waals surface area contributed by atoms with Crippen LogP contribution in [-0.2, 0) is 17.9 Å². The van der Waals surface area contributed by atoms with Gasteiger partial charge in [0.15, 0.2) is 11.0 Å². The Morgan fingerprint density at radius 1 is 1.24 bits per heavy atom. The Hall–Kier alpha value is -3.33. The zero-order valence-corrected chi connectivity index (χ0v) is 16.7. The molecular formula is C20H21N5O3S. The topological polar surface area (TPSA) is 102 Å². The van der Waals surface area contributed by atoms with Gasteiger partial charge in [0.2, 0.25) is 5.91 Å². The standard InChI is InChI=1S/C20H21N5O3S/c1-3-10-25-18(16-9-11-28-14(16)2)23-24-20(25)29-13-17(26)22-19(27)21-12-15-7-5-4-6-8-15/h3-9,11H,1,10,12-13H2,2H3,(H2,21,22,26,27). The summed E-state index contributed by atoms with van der Waals surface area (Å²) < 4.78 is 7.18. The highest BCUT2D eigenvalue weighted by Gasteiger charge is 2.18. The number of hydrogen-bond donors (Lipinski definition) is 2. The highest BCUT2D eigenvalue weighted by Crippen LogP contribution is 2.26. The average molecular weight is 411 g/mol. The number of nitrogens with one attached hydrogen (secondary N) is 2. The van der Waals surface area contributed by atoms with Crippen LogP contribution >= 0.6 is 11.8 Å². The van der Waals surface area contributed by atoms with Crippen LogP contribution in [-0.4, -0.2) is 32.5 Å². The van der Waals surface area contributed by atoms with Crippen LogP contribution in [0.3, 0.4) is 0 Å². The molecule has 150 valence electrons. The summed E-state index contributed by atoms with van der Waals surface area (Å²) in [6.07, 6.45) is 3.31. The van der Waals surface area contributed by atoms with Gasteiger partial charge < -0.3 is 9.73 Å². The van der Waals surface area contributed by atoms with Crippen LogP contribution in [0, 0.1) is 6.92 Å². The number of nitrogens with zero attached hydrogens (tertiary/aromatic N) is 3. The number of carbonyl (C=O) groups excluding carboxylic acids is 2. The smallest absolute Gasteiger partial charge is 0.321 e. The normalized spacial score (nSPS) is 10.5. The van der Waals surface area contributed by atoms with Gasteiger partial charge in [-0.3, -0.25) is 14.7 Å². The van der Waals surface area contributed by atoms with E-state index in [-0.39, 0.29) is 5.75 Å². The minimum absolute atomic E-state index is 0.0262. The van der Waals surface area contributed by atoms with Gasteiger partial charge in [-0.2, -0.15) is 0 Å². The van der Waals surface area contributed by atoms with E-state index in [0.29, 0.717) is 24.1 Å². The summed E-state index contributed by atoms with van der Waals surface area (Å²) in [6.45, 7) is 6.43. The van der Waals surface area contributed by atoms with Gasteiger partial charge in [0.1, 0.15) is 5.76 Å². The number of thioether (sulfide) groups is 1. The first kappa shape index (κ1) is 20.4. The highest BCUT2D eigenvalue weighted by atomic mass is 32.2. The summed E-state index contributed by atoms with van der Waals surface area (Å²) in [6, 6.07) is 10.7. The molecule has 2 aromatic heterocycles. The minimum atomic E-state index is -0.540. The summed E-state index contributed by atoms with van der Waals surface area (Å²) in [5, 5.41) is 13.9. The van der Waals surface area contributed by atoms with E-state index in [2.05, 4.69) is 27.4 Å². The van der Waals surface area contributed by atoms with Crippen LogP contribution in [0.15, 0.2) is 64.9 Å². The van der Waals surface area contributed by atoms with Gasteiger partial charge in [0.05, 0.1) is 17.6 Å². The first-order valence-corrected chi connectivity index (χ1v) is 9.90. The van der Waals surface area contributed by atoms with Crippen LogP contribution in [0.4, 0.5) is 4.79 Å². The summed E-state index contributed by atoms with van der Waals surface area (Å²) in [7, 11) is 0. The second-order valence-corrected chi connectivity index (χ2v) is 7.04. The molecule has 2 heterocycles. The van der Waals surface area contributed by atoms with Crippen molar-refractivity contribution in [2.75, 3.05) is 5.75 Å². The van der Waals surface area contributed by atoms with Crippen molar-refractivity contribution in [1.29, 1.82) is 0 Å². The lowest BCUT2D eigenvalue weighted by molar-refractivity contribution is -0.117. The predicted molar refractivity (Wildman–Crippen MR) is 110 cm³/mol. The van der Waals surface area contributed by atoms with Crippen LogP contribution < -0.4 is 10.6 Å². The van der Waals surface area contributed by atoms with E-state index in [1.54, 1.807) is 12.3 Å². The summed E-state index contributed by atoms with van der Waals surface area (Å²) in [5.74, 6) is 0.972. The van der Waals surface area contributed by atoms with Gasteiger partial charge in [-0.1, -0.05) is 48.2 Å². The van der Waals surface area contributed by atoms with E-state index in [1.807, 2.05) is 47.9 Å². The quantitative estimate of drug-likeness (QED) is 0.436. The third-order valence-electron chi connectivity index (χ3n) is 4.01. The van der Waals surface area contributed by atoms with Gasteiger partial charge in [0.25, 0.3) is 0 Å². The number of urea groups is 1. The molecule has 3 aromatic rings. The number of allylic oxidation sites excluding steroid dienone is 1. The molecule has 1 aromatic carbocycles. The lowest BCUT2D eigenvalue weighted by Gasteiger charge is -2.08. The second kappa shape index (κ2) is 9.74. The van der Waals surface area contributed by atoms with Crippen molar-refractivity contribution in [3.63, 3.8) is 0 Å². The van der Waals surface area contributed by atoms with Crippen LogP contribution in [0.25, 0.3) is 11.4 Å². The molecule has 0 fully saturated rings. The van der Waals surface area contributed by atoms with Crippen LogP contribution in [0.1, 0.15) is 11.3 Å². The SMILES string of the molecule is C=CCn1c(SCC(=O)NC(=O)NCc2ccccc2)nnc1-c1ccoc1C. The molecule has 3 amide bonds. The Balaban J connectivity index is 1.56. The van der Waals surface area contributed by atoms with Crippen LogP contribution in [0.2, 0.25) is 0 Å². The molecule has 29 heavy (non-hydrogen) atoms. The molecular weight excluding hydrogens is 390 g/mol. The maximum Gasteiger partial charge on any atom is 0.321 e. The Kier molecular flexibility index (Phi) is 6.85. The van der Waals surface area contributed by atoms with Crippen molar-refractivity contribution in [3.8, 4) is 11.4 Å². The first-order valence-electron chi connectivity index (χ1n) is 8.91. The van der Waals surface area contributed by atoms with Crippen molar-refractivity contribution < 1.29 is 14.0 Å². The average Bonchev–Trinajstić information content (AvgIpc) is 3.31. The zero-order chi connectivity index (χ0) is 20.6.